The van der Waals surface area contributed by atoms with Gasteiger partial charge < -0.3 is 14.8 Å². The molecule has 0 bridgehead atoms. The second kappa shape index (κ2) is 8.12. The van der Waals surface area contributed by atoms with Crippen molar-refractivity contribution in [2.24, 2.45) is 0 Å². The largest absolute Gasteiger partial charge is 0.379 e. The molecule has 0 atom stereocenters. The van der Waals surface area contributed by atoms with Crippen molar-refractivity contribution in [1.29, 1.82) is 0 Å². The van der Waals surface area contributed by atoms with Gasteiger partial charge in [-0.15, -0.1) is 0 Å². The van der Waals surface area contributed by atoms with E-state index in [2.05, 4.69) is 31.1 Å². The van der Waals surface area contributed by atoms with Crippen molar-refractivity contribution >= 4 is 5.82 Å². The maximum atomic E-state index is 5.72. The minimum absolute atomic E-state index is 0.127. The molecule has 0 radical (unpaired) electrons. The number of nitrogens with zero attached hydrogens (tertiary/aromatic N) is 1. The second-order valence-electron chi connectivity index (χ2n) is 5.20. The zero-order valence-corrected chi connectivity index (χ0v) is 12.5. The summed E-state index contributed by atoms with van der Waals surface area (Å²) >= 11 is 0. The number of nitrogens with one attached hydrogen (secondary N) is 1. The van der Waals surface area contributed by atoms with Gasteiger partial charge in [0.05, 0.1) is 12.2 Å². The minimum atomic E-state index is -0.127. The number of pyridine rings is 1. The van der Waals surface area contributed by atoms with Crippen LogP contribution < -0.4 is 5.32 Å². The molecule has 4 heteroatoms. The summed E-state index contributed by atoms with van der Waals surface area (Å²) in [5.74, 6) is 0.926. The molecule has 1 aromatic heterocycles. The summed E-state index contributed by atoms with van der Waals surface area (Å²) in [6.45, 7) is 8.46. The predicted octanol–water partition coefficient (Wildman–Crippen LogP) is 3.24. The Bertz CT molecular complexity index is 367. The lowest BCUT2D eigenvalue weighted by Crippen LogP contribution is -2.24. The minimum Gasteiger partial charge on any atom is -0.379 e. The molecule has 0 aliphatic rings. The highest BCUT2D eigenvalue weighted by molar-refractivity contribution is 5.43. The lowest BCUT2D eigenvalue weighted by molar-refractivity contribution is -0.0124. The van der Waals surface area contributed by atoms with E-state index in [1.54, 1.807) is 13.3 Å². The lowest BCUT2D eigenvalue weighted by atomic mass is 10.1. The third kappa shape index (κ3) is 6.03. The maximum absolute atomic E-state index is 5.72. The molecule has 0 spiro atoms. The summed E-state index contributed by atoms with van der Waals surface area (Å²) in [6, 6.07) is 3.99. The third-order valence-electron chi connectivity index (χ3n) is 3.09. The lowest BCUT2D eigenvalue weighted by Gasteiger charge is -2.22. The Kier molecular flexibility index (Phi) is 6.81. The van der Waals surface area contributed by atoms with Crippen molar-refractivity contribution in [3.8, 4) is 0 Å². The van der Waals surface area contributed by atoms with Gasteiger partial charge in [0.2, 0.25) is 0 Å². The van der Waals surface area contributed by atoms with Gasteiger partial charge in [-0.2, -0.15) is 0 Å². The van der Waals surface area contributed by atoms with Crippen LogP contribution in [0.4, 0.5) is 5.82 Å². The Hall–Kier alpha value is -1.13. The zero-order valence-electron chi connectivity index (χ0n) is 12.5. The van der Waals surface area contributed by atoms with E-state index >= 15 is 0 Å². The molecular formula is C15H26N2O2. The first-order valence-corrected chi connectivity index (χ1v) is 6.89. The Morgan fingerprint density at radius 2 is 2.16 bits per heavy atom. The molecule has 1 rings (SSSR count). The van der Waals surface area contributed by atoms with E-state index in [4.69, 9.17) is 9.47 Å². The molecule has 1 aromatic rings. The monoisotopic (exact) mass is 266 g/mol. The van der Waals surface area contributed by atoms with Crippen LogP contribution in [0.5, 0.6) is 0 Å². The van der Waals surface area contributed by atoms with Crippen molar-refractivity contribution in [2.75, 3.05) is 25.6 Å². The first kappa shape index (κ1) is 15.9. The summed E-state index contributed by atoms with van der Waals surface area (Å²) in [4.78, 5) is 4.34. The summed E-state index contributed by atoms with van der Waals surface area (Å²) < 4.78 is 11.1. The first-order valence-electron chi connectivity index (χ1n) is 6.89. The predicted molar refractivity (Wildman–Crippen MR) is 78.4 cm³/mol. The van der Waals surface area contributed by atoms with Crippen molar-refractivity contribution in [2.45, 2.75) is 45.8 Å². The molecule has 0 unspecified atom stereocenters. The van der Waals surface area contributed by atoms with Gasteiger partial charge in [-0.25, -0.2) is 4.98 Å². The van der Waals surface area contributed by atoms with Crippen LogP contribution in [-0.2, 0) is 16.1 Å². The average molecular weight is 266 g/mol. The standard InChI is InChI=1S/C15H26N2O2/c1-5-9-16-14-13(7-6-10-17-14)12-19-11-8-15(2,3)18-4/h6-7,10H,5,8-9,11-12H2,1-4H3,(H,16,17). The van der Waals surface area contributed by atoms with E-state index in [-0.39, 0.29) is 5.60 Å². The maximum Gasteiger partial charge on any atom is 0.131 e. The number of aromatic nitrogens is 1. The van der Waals surface area contributed by atoms with E-state index in [0.29, 0.717) is 13.2 Å². The normalized spacial score (nSPS) is 11.6. The smallest absolute Gasteiger partial charge is 0.131 e. The molecule has 1 heterocycles. The Morgan fingerprint density at radius 3 is 2.84 bits per heavy atom. The van der Waals surface area contributed by atoms with Gasteiger partial charge >= 0.3 is 0 Å². The van der Waals surface area contributed by atoms with E-state index in [1.807, 2.05) is 12.1 Å². The number of methoxy groups -OCH3 is 1. The molecule has 0 fully saturated rings. The van der Waals surface area contributed by atoms with Crippen LogP contribution in [0.1, 0.15) is 39.2 Å². The molecule has 4 nitrogen and oxygen atoms in total. The summed E-state index contributed by atoms with van der Waals surface area (Å²) in [7, 11) is 1.73. The Balaban J connectivity index is 2.40. The number of hydrogen-bond donors (Lipinski definition) is 1. The van der Waals surface area contributed by atoms with Crippen LogP contribution in [0.2, 0.25) is 0 Å². The molecular weight excluding hydrogens is 240 g/mol. The van der Waals surface area contributed by atoms with Crippen molar-refractivity contribution in [3.63, 3.8) is 0 Å². The summed E-state index contributed by atoms with van der Waals surface area (Å²) in [6.07, 6.45) is 3.76. The van der Waals surface area contributed by atoms with Crippen LogP contribution in [0, 0.1) is 0 Å². The van der Waals surface area contributed by atoms with Gasteiger partial charge in [0.25, 0.3) is 0 Å². The quantitative estimate of drug-likeness (QED) is 0.697. The van der Waals surface area contributed by atoms with Gasteiger partial charge in [0.15, 0.2) is 0 Å². The highest BCUT2D eigenvalue weighted by Crippen LogP contribution is 2.15. The topological polar surface area (TPSA) is 43.4 Å². The average Bonchev–Trinajstić information content (AvgIpc) is 2.42. The fraction of sp³-hybridized carbons (Fsp3) is 0.667. The molecule has 0 amide bonds. The number of ether oxygens (including phenoxy) is 2. The molecule has 0 aliphatic carbocycles. The number of anilines is 1. The SMILES string of the molecule is CCCNc1ncccc1COCCC(C)(C)OC. The van der Waals surface area contributed by atoms with Gasteiger partial charge in [-0.3, -0.25) is 0 Å². The second-order valence-corrected chi connectivity index (χ2v) is 5.20. The number of rotatable bonds is 9. The van der Waals surface area contributed by atoms with Crippen LogP contribution in [-0.4, -0.2) is 30.8 Å². The molecule has 0 aliphatic heterocycles. The van der Waals surface area contributed by atoms with Crippen molar-refractivity contribution < 1.29 is 9.47 Å². The third-order valence-corrected chi connectivity index (χ3v) is 3.09. The molecule has 108 valence electrons. The van der Waals surface area contributed by atoms with Crippen molar-refractivity contribution in [1.82, 2.24) is 4.98 Å². The van der Waals surface area contributed by atoms with E-state index < -0.39 is 0 Å². The highest BCUT2D eigenvalue weighted by atomic mass is 16.5. The van der Waals surface area contributed by atoms with Crippen LogP contribution in [0.3, 0.4) is 0 Å². The van der Waals surface area contributed by atoms with E-state index in [0.717, 1.165) is 30.8 Å². The van der Waals surface area contributed by atoms with E-state index in [1.165, 1.54) is 0 Å². The van der Waals surface area contributed by atoms with Crippen molar-refractivity contribution in [3.05, 3.63) is 23.9 Å². The highest BCUT2D eigenvalue weighted by Gasteiger charge is 2.15. The molecule has 0 saturated carbocycles. The first-order chi connectivity index (χ1) is 9.09. The fourth-order valence-electron chi connectivity index (χ4n) is 1.56. The number of hydrogen-bond acceptors (Lipinski definition) is 4. The molecule has 0 saturated heterocycles. The van der Waals surface area contributed by atoms with Gasteiger partial charge in [0.1, 0.15) is 5.82 Å². The summed E-state index contributed by atoms with van der Waals surface area (Å²) in [5, 5.41) is 3.32. The zero-order chi connectivity index (χ0) is 14.1. The summed E-state index contributed by atoms with van der Waals surface area (Å²) in [5.41, 5.74) is 0.976. The fourth-order valence-corrected chi connectivity index (χ4v) is 1.56. The molecule has 0 aromatic carbocycles. The Labute approximate surface area is 116 Å². The van der Waals surface area contributed by atoms with Gasteiger partial charge in [-0.1, -0.05) is 13.0 Å². The molecule has 1 N–H and O–H groups in total. The van der Waals surface area contributed by atoms with Crippen LogP contribution in [0.15, 0.2) is 18.3 Å². The van der Waals surface area contributed by atoms with Crippen LogP contribution >= 0.6 is 0 Å². The van der Waals surface area contributed by atoms with E-state index in [9.17, 15) is 0 Å². The van der Waals surface area contributed by atoms with Gasteiger partial charge in [0, 0.05) is 32.0 Å². The van der Waals surface area contributed by atoms with Gasteiger partial charge in [-0.05, 0) is 32.8 Å². The Morgan fingerprint density at radius 1 is 1.37 bits per heavy atom. The molecule has 19 heavy (non-hydrogen) atoms. The van der Waals surface area contributed by atoms with Crippen LogP contribution in [0.25, 0.3) is 0 Å².